The zero-order chi connectivity index (χ0) is 13.8. The number of nitrogens with one attached hydrogen (secondary N) is 1. The highest BCUT2D eigenvalue weighted by molar-refractivity contribution is 7.89. The minimum atomic E-state index is -3.49. The van der Waals surface area contributed by atoms with E-state index in [1.807, 2.05) is 25.9 Å². The Morgan fingerprint density at radius 3 is 2.78 bits per heavy atom. The molecule has 0 aliphatic carbocycles. The predicted octanol–water partition coefficient (Wildman–Crippen LogP) is -0.930. The van der Waals surface area contributed by atoms with Gasteiger partial charge in [-0.25, -0.2) is 13.1 Å². The molecule has 0 aliphatic heterocycles. The molecule has 0 amide bonds. The van der Waals surface area contributed by atoms with Gasteiger partial charge in [0.1, 0.15) is 4.90 Å². The van der Waals surface area contributed by atoms with E-state index in [-0.39, 0.29) is 10.9 Å². The molecule has 1 aromatic rings. The molecule has 1 unspecified atom stereocenters. The van der Waals surface area contributed by atoms with E-state index in [9.17, 15) is 8.42 Å². The number of sulfonamides is 1. The summed E-state index contributed by atoms with van der Waals surface area (Å²) in [6, 6.07) is 0.124. The fraction of sp³-hybridized carbons (Fsp3) is 0.700. The molecule has 1 aromatic heterocycles. The molecule has 0 bridgehead atoms. The number of rotatable bonds is 7. The summed E-state index contributed by atoms with van der Waals surface area (Å²) in [4.78, 5) is 2.11. The minimum Gasteiger partial charge on any atom is -0.329 e. The van der Waals surface area contributed by atoms with Crippen molar-refractivity contribution in [3.8, 4) is 0 Å². The molecule has 18 heavy (non-hydrogen) atoms. The van der Waals surface area contributed by atoms with Gasteiger partial charge in [0.2, 0.25) is 10.0 Å². The van der Waals surface area contributed by atoms with Crippen molar-refractivity contribution in [2.45, 2.75) is 24.4 Å². The van der Waals surface area contributed by atoms with E-state index in [0.29, 0.717) is 19.6 Å². The molecule has 0 aromatic carbocycles. The van der Waals surface area contributed by atoms with Crippen molar-refractivity contribution in [1.82, 2.24) is 19.4 Å². The molecular weight excluding hydrogens is 254 g/mol. The SMILES string of the molecule is CC(CNS(=O)(=O)c1cnn(CCN)c1)N(C)C. The Hall–Kier alpha value is -0.960. The van der Waals surface area contributed by atoms with Crippen molar-refractivity contribution < 1.29 is 8.42 Å². The molecule has 7 nitrogen and oxygen atoms in total. The maximum atomic E-state index is 12.0. The molecule has 0 saturated carbocycles. The summed E-state index contributed by atoms with van der Waals surface area (Å²) in [6.45, 7) is 3.23. The first-order valence-corrected chi connectivity index (χ1v) is 7.23. The van der Waals surface area contributed by atoms with E-state index >= 15 is 0 Å². The molecule has 0 saturated heterocycles. The van der Waals surface area contributed by atoms with Crippen LogP contribution >= 0.6 is 0 Å². The fourth-order valence-corrected chi connectivity index (χ4v) is 2.31. The third-order valence-corrected chi connectivity index (χ3v) is 4.11. The summed E-state index contributed by atoms with van der Waals surface area (Å²) in [5, 5.41) is 3.94. The highest BCUT2D eigenvalue weighted by atomic mass is 32.2. The predicted molar refractivity (Wildman–Crippen MR) is 69.6 cm³/mol. The van der Waals surface area contributed by atoms with Crippen LogP contribution in [0.15, 0.2) is 17.3 Å². The van der Waals surface area contributed by atoms with E-state index in [1.165, 1.54) is 17.1 Å². The Morgan fingerprint density at radius 1 is 1.56 bits per heavy atom. The van der Waals surface area contributed by atoms with Crippen LogP contribution in [0.4, 0.5) is 0 Å². The number of nitrogens with two attached hydrogens (primary N) is 1. The molecule has 0 aliphatic rings. The average molecular weight is 275 g/mol. The number of likely N-dealkylation sites (N-methyl/N-ethyl adjacent to an activating group) is 1. The van der Waals surface area contributed by atoms with Gasteiger partial charge in [0.15, 0.2) is 0 Å². The first-order chi connectivity index (χ1) is 8.36. The Morgan fingerprint density at radius 2 is 2.22 bits per heavy atom. The van der Waals surface area contributed by atoms with Crippen molar-refractivity contribution in [1.29, 1.82) is 0 Å². The van der Waals surface area contributed by atoms with E-state index in [4.69, 9.17) is 5.73 Å². The standard InChI is InChI=1S/C10H21N5O2S/c1-9(14(2)3)6-13-18(16,17)10-7-12-15(8-10)5-4-11/h7-9,13H,4-6,11H2,1-3H3. The smallest absolute Gasteiger partial charge is 0.243 e. The van der Waals surface area contributed by atoms with Crippen molar-refractivity contribution in [3.63, 3.8) is 0 Å². The molecule has 104 valence electrons. The zero-order valence-corrected chi connectivity index (χ0v) is 11.8. The summed E-state index contributed by atoms with van der Waals surface area (Å²) in [5.41, 5.74) is 5.38. The second-order valence-corrected chi connectivity index (χ2v) is 6.16. The summed E-state index contributed by atoms with van der Waals surface area (Å²) in [5.74, 6) is 0. The topological polar surface area (TPSA) is 93.2 Å². The van der Waals surface area contributed by atoms with E-state index in [1.54, 1.807) is 0 Å². The lowest BCUT2D eigenvalue weighted by Crippen LogP contribution is -2.38. The van der Waals surface area contributed by atoms with Crippen molar-refractivity contribution >= 4 is 10.0 Å². The van der Waals surface area contributed by atoms with E-state index < -0.39 is 10.0 Å². The van der Waals surface area contributed by atoms with Gasteiger partial charge in [0.25, 0.3) is 0 Å². The van der Waals surface area contributed by atoms with Crippen LogP contribution in [0.2, 0.25) is 0 Å². The first-order valence-electron chi connectivity index (χ1n) is 5.75. The second-order valence-electron chi connectivity index (χ2n) is 4.39. The largest absolute Gasteiger partial charge is 0.329 e. The third-order valence-electron chi connectivity index (χ3n) is 2.73. The highest BCUT2D eigenvalue weighted by Gasteiger charge is 2.17. The zero-order valence-electron chi connectivity index (χ0n) is 11.0. The Labute approximate surface area is 108 Å². The van der Waals surface area contributed by atoms with Gasteiger partial charge >= 0.3 is 0 Å². The summed E-state index contributed by atoms with van der Waals surface area (Å²) in [7, 11) is 0.315. The molecule has 1 heterocycles. The first kappa shape index (κ1) is 15.1. The van der Waals surface area contributed by atoms with Gasteiger partial charge in [-0.1, -0.05) is 0 Å². The lowest BCUT2D eigenvalue weighted by Gasteiger charge is -2.19. The van der Waals surface area contributed by atoms with Gasteiger partial charge in [-0.3, -0.25) is 4.68 Å². The van der Waals surface area contributed by atoms with Crippen LogP contribution in [0, 0.1) is 0 Å². The van der Waals surface area contributed by atoms with Gasteiger partial charge < -0.3 is 10.6 Å². The molecule has 8 heteroatoms. The molecular formula is C10H21N5O2S. The molecule has 0 radical (unpaired) electrons. The average Bonchev–Trinajstić information content (AvgIpc) is 2.75. The quantitative estimate of drug-likeness (QED) is 0.670. The van der Waals surface area contributed by atoms with Crippen LogP contribution in [-0.2, 0) is 16.6 Å². The molecule has 3 N–H and O–H groups in total. The highest BCUT2D eigenvalue weighted by Crippen LogP contribution is 2.06. The van der Waals surface area contributed by atoms with Gasteiger partial charge in [-0.15, -0.1) is 0 Å². The van der Waals surface area contributed by atoms with E-state index in [2.05, 4.69) is 9.82 Å². The van der Waals surface area contributed by atoms with Gasteiger partial charge in [0.05, 0.1) is 12.7 Å². The van der Waals surface area contributed by atoms with Crippen LogP contribution in [0.1, 0.15) is 6.92 Å². The monoisotopic (exact) mass is 275 g/mol. The summed E-state index contributed by atoms with van der Waals surface area (Å²) < 4.78 is 28.0. The molecule has 0 fully saturated rings. The van der Waals surface area contributed by atoms with Crippen LogP contribution in [0.5, 0.6) is 0 Å². The van der Waals surface area contributed by atoms with Crippen LogP contribution in [0.25, 0.3) is 0 Å². The Kier molecular flexibility index (Phi) is 5.27. The number of nitrogens with zero attached hydrogens (tertiary/aromatic N) is 3. The summed E-state index contributed by atoms with van der Waals surface area (Å²) >= 11 is 0. The van der Waals surface area contributed by atoms with Crippen LogP contribution < -0.4 is 10.5 Å². The van der Waals surface area contributed by atoms with E-state index in [0.717, 1.165) is 0 Å². The third kappa shape index (κ3) is 4.05. The summed E-state index contributed by atoms with van der Waals surface area (Å²) in [6.07, 6.45) is 2.81. The minimum absolute atomic E-state index is 0.124. The maximum absolute atomic E-state index is 12.0. The van der Waals surface area contributed by atoms with Crippen molar-refractivity contribution in [3.05, 3.63) is 12.4 Å². The van der Waals surface area contributed by atoms with Gasteiger partial charge in [0, 0.05) is 25.3 Å². The van der Waals surface area contributed by atoms with Gasteiger partial charge in [-0.05, 0) is 21.0 Å². The second kappa shape index (κ2) is 6.28. The number of hydrogen-bond donors (Lipinski definition) is 2. The Balaban J connectivity index is 2.68. The lowest BCUT2D eigenvalue weighted by atomic mass is 10.3. The number of aromatic nitrogens is 2. The van der Waals surface area contributed by atoms with Gasteiger partial charge in [-0.2, -0.15) is 5.10 Å². The normalized spacial score (nSPS) is 14.1. The Bertz CT molecular complexity index is 468. The van der Waals surface area contributed by atoms with Crippen LogP contribution in [0.3, 0.4) is 0 Å². The maximum Gasteiger partial charge on any atom is 0.243 e. The fourth-order valence-electron chi connectivity index (χ4n) is 1.23. The molecule has 1 atom stereocenters. The number of hydrogen-bond acceptors (Lipinski definition) is 5. The molecule has 0 spiro atoms. The lowest BCUT2D eigenvalue weighted by molar-refractivity contribution is 0.314. The molecule has 1 rings (SSSR count). The van der Waals surface area contributed by atoms with Crippen molar-refractivity contribution in [2.24, 2.45) is 5.73 Å². The van der Waals surface area contributed by atoms with Crippen LogP contribution in [-0.4, -0.2) is 56.3 Å². The van der Waals surface area contributed by atoms with Crippen molar-refractivity contribution in [2.75, 3.05) is 27.2 Å².